The molecule has 1 amide bonds. The van der Waals surface area contributed by atoms with E-state index in [1.807, 2.05) is 65.6 Å². The molecule has 0 spiro atoms. The number of β-lactam (4-membered cyclic amide) rings is 1. The predicted molar refractivity (Wildman–Crippen MR) is 158 cm³/mol. The molecule has 0 saturated carbocycles. The van der Waals surface area contributed by atoms with E-state index in [0.717, 1.165) is 52.3 Å². The van der Waals surface area contributed by atoms with Gasteiger partial charge in [0.2, 0.25) is 5.91 Å². The minimum atomic E-state index is -0.0615. The molecule has 1 heterocycles. The van der Waals surface area contributed by atoms with Crippen molar-refractivity contribution in [2.45, 2.75) is 32.4 Å². The molecular formula is C33H35NO2S. The summed E-state index contributed by atoms with van der Waals surface area (Å²) in [6, 6.07) is 26.5. The van der Waals surface area contributed by atoms with E-state index in [1.165, 1.54) is 0 Å². The Morgan fingerprint density at radius 1 is 1.05 bits per heavy atom. The van der Waals surface area contributed by atoms with E-state index in [0.29, 0.717) is 6.61 Å². The fourth-order valence-corrected chi connectivity index (χ4v) is 5.13. The Morgan fingerprint density at radius 3 is 2.46 bits per heavy atom. The van der Waals surface area contributed by atoms with Gasteiger partial charge in [-0.3, -0.25) is 4.79 Å². The molecular weight excluding hydrogens is 474 g/mol. The Hall–Kier alpha value is -3.50. The molecule has 0 bridgehead atoms. The second kappa shape index (κ2) is 13.2. The van der Waals surface area contributed by atoms with E-state index < -0.39 is 0 Å². The fraction of sp³-hybridized carbons (Fsp3) is 0.242. The lowest BCUT2D eigenvalue weighted by Crippen LogP contribution is -2.55. The van der Waals surface area contributed by atoms with Crippen molar-refractivity contribution in [3.05, 3.63) is 126 Å². The van der Waals surface area contributed by atoms with Gasteiger partial charge >= 0.3 is 0 Å². The van der Waals surface area contributed by atoms with Gasteiger partial charge in [0.05, 0.1) is 12.0 Å². The average Bonchev–Trinajstić information content (AvgIpc) is 2.94. The van der Waals surface area contributed by atoms with Crippen LogP contribution in [0, 0.1) is 5.92 Å². The van der Waals surface area contributed by atoms with Crippen molar-refractivity contribution in [3.63, 3.8) is 0 Å². The average molecular weight is 510 g/mol. The van der Waals surface area contributed by atoms with Crippen LogP contribution in [0.25, 0.3) is 5.57 Å². The summed E-state index contributed by atoms with van der Waals surface area (Å²) in [4.78, 5) is 15.2. The lowest BCUT2D eigenvalue weighted by atomic mass is 9.78. The maximum absolute atomic E-state index is 13.3. The summed E-state index contributed by atoms with van der Waals surface area (Å²) in [6.07, 6.45) is 12.0. The van der Waals surface area contributed by atoms with Crippen LogP contribution in [0.1, 0.15) is 42.5 Å². The molecule has 1 aliphatic rings. The Morgan fingerprint density at radius 2 is 1.78 bits per heavy atom. The van der Waals surface area contributed by atoms with Crippen molar-refractivity contribution in [3.8, 4) is 5.75 Å². The highest BCUT2D eigenvalue weighted by molar-refractivity contribution is 7.98. The van der Waals surface area contributed by atoms with E-state index in [2.05, 4.69) is 62.2 Å². The van der Waals surface area contributed by atoms with Crippen molar-refractivity contribution in [1.29, 1.82) is 0 Å². The van der Waals surface area contributed by atoms with Gasteiger partial charge in [0.25, 0.3) is 0 Å². The number of carbonyl (C=O) groups is 1. The number of anilines is 1. The largest absolute Gasteiger partial charge is 0.489 e. The molecule has 1 saturated heterocycles. The highest BCUT2D eigenvalue weighted by Gasteiger charge is 2.49. The molecule has 3 nitrogen and oxygen atoms in total. The normalized spacial score (nSPS) is 17.6. The number of thioether (sulfide) groups is 1. The van der Waals surface area contributed by atoms with Crippen molar-refractivity contribution in [2.24, 2.45) is 5.92 Å². The molecule has 4 rings (SSSR count). The van der Waals surface area contributed by atoms with Crippen LogP contribution in [0.2, 0.25) is 0 Å². The van der Waals surface area contributed by atoms with E-state index in [1.54, 1.807) is 11.8 Å². The number of nitrogens with zero attached hydrogens (tertiary/aromatic N) is 1. The molecule has 0 aromatic heterocycles. The fourth-order valence-electron chi connectivity index (χ4n) is 4.84. The van der Waals surface area contributed by atoms with Gasteiger partial charge in [0.15, 0.2) is 0 Å². The lowest BCUT2D eigenvalue weighted by Gasteiger charge is -2.48. The van der Waals surface area contributed by atoms with E-state index in [4.69, 9.17) is 4.74 Å². The zero-order valence-corrected chi connectivity index (χ0v) is 22.5. The highest BCUT2D eigenvalue weighted by atomic mass is 32.2. The third kappa shape index (κ3) is 6.26. The smallest absolute Gasteiger partial charge is 0.233 e. The van der Waals surface area contributed by atoms with Gasteiger partial charge < -0.3 is 9.64 Å². The first kappa shape index (κ1) is 26.6. The van der Waals surface area contributed by atoms with Gasteiger partial charge in [0, 0.05) is 17.0 Å². The summed E-state index contributed by atoms with van der Waals surface area (Å²) in [7, 11) is 0. The van der Waals surface area contributed by atoms with Gasteiger partial charge in [0.1, 0.15) is 12.4 Å². The zero-order chi connectivity index (χ0) is 26.0. The van der Waals surface area contributed by atoms with Crippen molar-refractivity contribution in [1.82, 2.24) is 0 Å². The van der Waals surface area contributed by atoms with Crippen LogP contribution >= 0.6 is 11.8 Å². The molecule has 4 heteroatoms. The number of hydrogen-bond donors (Lipinski definition) is 0. The standard InChI is InChI=1S/C33H35NO2S/c1-4-13-26(17-12-22-37-3)27-20-21-29(31(23-27)36-24-25-15-8-6-9-16-25)32-30(14-5-2)33(35)34(32)28-18-10-7-11-19-28/h4,6-13,15-21,23,30,32H,1,5,14,22,24H2,2-3H3/b17-12-,26-13+. The van der Waals surface area contributed by atoms with Crippen molar-refractivity contribution < 1.29 is 9.53 Å². The quantitative estimate of drug-likeness (QED) is 0.182. The van der Waals surface area contributed by atoms with E-state index in [9.17, 15) is 4.79 Å². The maximum Gasteiger partial charge on any atom is 0.233 e. The number of amides is 1. The minimum Gasteiger partial charge on any atom is -0.489 e. The summed E-state index contributed by atoms with van der Waals surface area (Å²) in [5.74, 6) is 1.89. The maximum atomic E-state index is 13.3. The molecule has 1 aliphatic heterocycles. The van der Waals surface area contributed by atoms with Gasteiger partial charge in [-0.2, -0.15) is 11.8 Å². The first-order chi connectivity index (χ1) is 18.2. The molecule has 2 atom stereocenters. The van der Waals surface area contributed by atoms with E-state index >= 15 is 0 Å². The van der Waals surface area contributed by atoms with Crippen LogP contribution in [-0.4, -0.2) is 17.9 Å². The summed E-state index contributed by atoms with van der Waals surface area (Å²) in [6.45, 7) is 6.51. The number of benzene rings is 3. The third-order valence-electron chi connectivity index (χ3n) is 6.61. The number of allylic oxidation sites excluding steroid dienone is 4. The number of ether oxygens (including phenoxy) is 1. The first-order valence-corrected chi connectivity index (χ1v) is 14.2. The number of hydrogen-bond acceptors (Lipinski definition) is 3. The molecule has 2 unspecified atom stereocenters. The number of para-hydroxylation sites is 1. The summed E-state index contributed by atoms with van der Waals surface area (Å²) in [5, 5.41) is 0. The van der Waals surface area contributed by atoms with Crippen molar-refractivity contribution >= 4 is 28.9 Å². The SMILES string of the molecule is C=C/C=C(\C=C/CSC)c1ccc(C2C(CCC)C(=O)N2c2ccccc2)c(OCc2ccccc2)c1. The monoisotopic (exact) mass is 509 g/mol. The molecule has 37 heavy (non-hydrogen) atoms. The number of rotatable bonds is 12. The van der Waals surface area contributed by atoms with Crippen LogP contribution in [0.3, 0.4) is 0 Å². The molecule has 3 aromatic rings. The van der Waals surface area contributed by atoms with Gasteiger partial charge in [-0.25, -0.2) is 0 Å². The first-order valence-electron chi connectivity index (χ1n) is 12.8. The van der Waals surface area contributed by atoms with Crippen LogP contribution in [-0.2, 0) is 11.4 Å². The Labute approximate surface area is 225 Å². The zero-order valence-electron chi connectivity index (χ0n) is 21.7. The van der Waals surface area contributed by atoms with Crippen LogP contribution in [0.4, 0.5) is 5.69 Å². The summed E-state index contributed by atoms with van der Waals surface area (Å²) in [5.41, 5.74) is 5.22. The molecule has 3 aromatic carbocycles. The minimum absolute atomic E-state index is 0.0557. The molecule has 1 fully saturated rings. The van der Waals surface area contributed by atoms with Gasteiger partial charge in [-0.15, -0.1) is 0 Å². The van der Waals surface area contributed by atoms with Crippen LogP contribution in [0.5, 0.6) is 5.75 Å². The Balaban J connectivity index is 1.76. The van der Waals surface area contributed by atoms with Crippen LogP contribution < -0.4 is 9.64 Å². The van der Waals surface area contributed by atoms with Crippen molar-refractivity contribution in [2.75, 3.05) is 16.9 Å². The second-order valence-electron chi connectivity index (χ2n) is 9.13. The second-order valence-corrected chi connectivity index (χ2v) is 10.0. The van der Waals surface area contributed by atoms with Gasteiger partial charge in [-0.1, -0.05) is 105 Å². The Kier molecular flexibility index (Phi) is 9.45. The van der Waals surface area contributed by atoms with Crippen LogP contribution in [0.15, 0.2) is 110 Å². The summed E-state index contributed by atoms with van der Waals surface area (Å²) >= 11 is 1.78. The summed E-state index contributed by atoms with van der Waals surface area (Å²) < 4.78 is 6.50. The van der Waals surface area contributed by atoms with E-state index in [-0.39, 0.29) is 17.9 Å². The van der Waals surface area contributed by atoms with Gasteiger partial charge in [-0.05, 0) is 47.6 Å². The topological polar surface area (TPSA) is 29.5 Å². The molecule has 0 aliphatic carbocycles. The molecule has 0 radical (unpaired) electrons. The Bertz CT molecular complexity index is 1250. The third-order valence-corrected chi connectivity index (χ3v) is 7.13. The number of carbonyl (C=O) groups excluding carboxylic acids is 1. The lowest BCUT2D eigenvalue weighted by molar-refractivity contribution is -0.130. The highest BCUT2D eigenvalue weighted by Crippen LogP contribution is 2.48. The molecule has 0 N–H and O–H groups in total. The molecule has 190 valence electrons. The predicted octanol–water partition coefficient (Wildman–Crippen LogP) is 8.26.